The van der Waals surface area contributed by atoms with E-state index in [-0.39, 0.29) is 24.2 Å². The largest absolute Gasteiger partial charge is 0.497 e. The van der Waals surface area contributed by atoms with Gasteiger partial charge in [0.05, 0.1) is 7.11 Å². The molecule has 3 rings (SSSR count). The van der Waals surface area contributed by atoms with Gasteiger partial charge in [0.25, 0.3) is 0 Å². The molecule has 162 valence electrons. The van der Waals surface area contributed by atoms with Crippen molar-refractivity contribution >= 4 is 23.1 Å². The van der Waals surface area contributed by atoms with Crippen molar-refractivity contribution in [1.82, 2.24) is 0 Å². The van der Waals surface area contributed by atoms with Crippen LogP contribution in [0.2, 0.25) is 0 Å². The number of alkyl halides is 1. The molecular formula is C22H25FO6S. The topological polar surface area (TPSA) is 71.1 Å². The molecule has 0 amide bonds. The van der Waals surface area contributed by atoms with E-state index in [0.717, 1.165) is 0 Å². The van der Waals surface area contributed by atoms with E-state index in [1.165, 1.54) is 18.3 Å². The number of esters is 1. The number of rotatable bonds is 7. The van der Waals surface area contributed by atoms with Crippen LogP contribution in [-0.4, -0.2) is 44.0 Å². The molecule has 1 aromatic heterocycles. The molecule has 0 aliphatic carbocycles. The predicted octanol–water partition coefficient (Wildman–Crippen LogP) is 4.26. The maximum atomic E-state index is 14.7. The molecule has 8 heteroatoms. The Morgan fingerprint density at radius 2 is 1.83 bits per heavy atom. The minimum absolute atomic E-state index is 0.181. The molecule has 0 bridgehead atoms. The third-order valence-corrected chi connectivity index (χ3v) is 6.20. The summed E-state index contributed by atoms with van der Waals surface area (Å²) >= 11 is 1.26. The number of benzene rings is 1. The fraction of sp³-hybridized carbons (Fsp3) is 0.455. The number of carbonyl (C=O) groups excluding carboxylic acids is 2. The zero-order valence-corrected chi connectivity index (χ0v) is 18.1. The highest BCUT2D eigenvalue weighted by Gasteiger charge is 2.43. The Labute approximate surface area is 178 Å². The van der Waals surface area contributed by atoms with Crippen LogP contribution in [0, 0.1) is 11.8 Å². The average molecular weight is 437 g/mol. The molecule has 1 aliphatic rings. The minimum Gasteiger partial charge on any atom is -0.497 e. The van der Waals surface area contributed by atoms with Gasteiger partial charge in [-0.3, -0.25) is 9.59 Å². The van der Waals surface area contributed by atoms with Gasteiger partial charge in [-0.1, -0.05) is 13.8 Å². The molecule has 2 aromatic rings. The van der Waals surface area contributed by atoms with Crippen molar-refractivity contribution in [1.29, 1.82) is 0 Å². The van der Waals surface area contributed by atoms with Gasteiger partial charge >= 0.3 is 5.97 Å². The van der Waals surface area contributed by atoms with E-state index >= 15 is 0 Å². The summed E-state index contributed by atoms with van der Waals surface area (Å²) < 4.78 is 36.5. The molecule has 1 aromatic carbocycles. The molecule has 1 saturated heterocycles. The van der Waals surface area contributed by atoms with Crippen LogP contribution >= 0.6 is 11.3 Å². The molecule has 1 fully saturated rings. The first kappa shape index (κ1) is 22.2. The van der Waals surface area contributed by atoms with E-state index in [1.54, 1.807) is 49.7 Å². The highest BCUT2D eigenvalue weighted by molar-refractivity contribution is 7.12. The number of carbonyl (C=O) groups is 2. The first-order chi connectivity index (χ1) is 14.3. The zero-order valence-electron chi connectivity index (χ0n) is 17.3. The first-order valence-electron chi connectivity index (χ1n) is 9.67. The molecule has 5 unspecified atom stereocenters. The maximum Gasteiger partial charge on any atom is 0.302 e. The Balaban J connectivity index is 1.76. The van der Waals surface area contributed by atoms with Crippen LogP contribution in [-0.2, 0) is 14.3 Å². The SMILES string of the molecule is COc1ccc(C(=O)c2sccc2OC2OC(COC(C)=O)C(F)C(C)C2C)cc1. The van der Waals surface area contributed by atoms with Crippen molar-refractivity contribution in [2.45, 2.75) is 39.3 Å². The van der Waals surface area contributed by atoms with Gasteiger partial charge < -0.3 is 18.9 Å². The van der Waals surface area contributed by atoms with Crippen molar-refractivity contribution in [3.8, 4) is 11.5 Å². The standard InChI is InChI=1S/C22H25FO6S/c1-12-13(2)22(29-18(19(12)23)11-27-14(3)24)28-17-9-10-30-21(17)20(25)15-5-7-16(26-4)8-6-15/h5-10,12-13,18-19,22H,11H2,1-4H3. The van der Waals surface area contributed by atoms with E-state index in [2.05, 4.69) is 0 Å². The van der Waals surface area contributed by atoms with Crippen LogP contribution in [0.5, 0.6) is 11.5 Å². The third-order valence-electron chi connectivity index (χ3n) is 5.31. The lowest BCUT2D eigenvalue weighted by atomic mass is 9.86. The summed E-state index contributed by atoms with van der Waals surface area (Å²) in [6.07, 6.45) is -2.99. The summed E-state index contributed by atoms with van der Waals surface area (Å²) in [5.74, 6) is -0.277. The molecule has 1 aliphatic heterocycles. The van der Waals surface area contributed by atoms with Gasteiger partial charge in [0.1, 0.15) is 35.3 Å². The monoisotopic (exact) mass is 436 g/mol. The summed E-state index contributed by atoms with van der Waals surface area (Å²) in [6.45, 7) is 4.68. The van der Waals surface area contributed by atoms with Crippen LogP contribution in [0.3, 0.4) is 0 Å². The second-order valence-corrected chi connectivity index (χ2v) is 8.21. The minimum atomic E-state index is -1.29. The van der Waals surface area contributed by atoms with Crippen molar-refractivity contribution in [2.75, 3.05) is 13.7 Å². The Bertz CT molecular complexity index is 880. The van der Waals surface area contributed by atoms with Gasteiger partial charge in [-0.15, -0.1) is 11.3 Å². The lowest BCUT2D eigenvalue weighted by Gasteiger charge is -2.40. The van der Waals surface area contributed by atoms with Crippen LogP contribution < -0.4 is 9.47 Å². The molecule has 0 spiro atoms. The van der Waals surface area contributed by atoms with Gasteiger partial charge in [0, 0.05) is 18.4 Å². The number of methoxy groups -OCH3 is 1. The highest BCUT2D eigenvalue weighted by atomic mass is 32.1. The van der Waals surface area contributed by atoms with Crippen LogP contribution in [0.4, 0.5) is 4.39 Å². The van der Waals surface area contributed by atoms with E-state index in [1.807, 2.05) is 6.92 Å². The Hall–Kier alpha value is -2.45. The van der Waals surface area contributed by atoms with E-state index < -0.39 is 24.5 Å². The Kier molecular flexibility index (Phi) is 7.10. The van der Waals surface area contributed by atoms with Gasteiger partial charge in [-0.25, -0.2) is 4.39 Å². The van der Waals surface area contributed by atoms with Crippen molar-refractivity contribution in [3.05, 3.63) is 46.2 Å². The van der Waals surface area contributed by atoms with Gasteiger partial charge in [0.15, 0.2) is 0 Å². The van der Waals surface area contributed by atoms with E-state index in [9.17, 15) is 14.0 Å². The van der Waals surface area contributed by atoms with Crippen molar-refractivity contribution < 1.29 is 32.9 Å². The third kappa shape index (κ3) is 4.82. The smallest absolute Gasteiger partial charge is 0.302 e. The number of ether oxygens (including phenoxy) is 4. The van der Waals surface area contributed by atoms with Gasteiger partial charge in [-0.05, 0) is 41.6 Å². The number of thiophene rings is 1. The molecule has 0 saturated carbocycles. The van der Waals surface area contributed by atoms with Crippen molar-refractivity contribution in [3.63, 3.8) is 0 Å². The first-order valence-corrected chi connectivity index (χ1v) is 10.6. The lowest BCUT2D eigenvalue weighted by Crippen LogP contribution is -2.51. The number of halogens is 1. The van der Waals surface area contributed by atoms with Crippen LogP contribution in [0.1, 0.15) is 36.0 Å². The number of hydrogen-bond donors (Lipinski definition) is 0. The van der Waals surface area contributed by atoms with Crippen LogP contribution in [0.25, 0.3) is 0 Å². The second-order valence-electron chi connectivity index (χ2n) is 7.30. The summed E-state index contributed by atoms with van der Waals surface area (Å²) in [5, 5.41) is 1.76. The molecule has 6 nitrogen and oxygen atoms in total. The van der Waals surface area contributed by atoms with E-state index in [4.69, 9.17) is 18.9 Å². The molecular weight excluding hydrogens is 411 g/mol. The molecule has 30 heavy (non-hydrogen) atoms. The average Bonchev–Trinajstić information content (AvgIpc) is 3.20. The highest BCUT2D eigenvalue weighted by Crippen LogP contribution is 2.36. The summed E-state index contributed by atoms with van der Waals surface area (Å²) in [5.41, 5.74) is 0.505. The van der Waals surface area contributed by atoms with Gasteiger partial charge in [-0.2, -0.15) is 0 Å². The maximum absolute atomic E-state index is 14.7. The number of hydrogen-bond acceptors (Lipinski definition) is 7. The summed E-state index contributed by atoms with van der Waals surface area (Å²) in [7, 11) is 1.56. The Morgan fingerprint density at radius 3 is 2.47 bits per heavy atom. The normalized spacial score (nSPS) is 26.1. The zero-order chi connectivity index (χ0) is 21.8. The quantitative estimate of drug-likeness (QED) is 0.477. The fourth-order valence-electron chi connectivity index (χ4n) is 3.27. The Morgan fingerprint density at radius 1 is 1.13 bits per heavy atom. The molecule has 5 atom stereocenters. The lowest BCUT2D eigenvalue weighted by molar-refractivity contribution is -0.228. The fourth-order valence-corrected chi connectivity index (χ4v) is 4.05. The molecule has 2 heterocycles. The van der Waals surface area contributed by atoms with Crippen molar-refractivity contribution in [2.24, 2.45) is 11.8 Å². The second kappa shape index (κ2) is 9.57. The van der Waals surface area contributed by atoms with Crippen LogP contribution in [0.15, 0.2) is 35.7 Å². The van der Waals surface area contributed by atoms with E-state index in [0.29, 0.717) is 21.9 Å². The van der Waals surface area contributed by atoms with Gasteiger partial charge in [0.2, 0.25) is 12.1 Å². The number of ketones is 1. The predicted molar refractivity (Wildman–Crippen MR) is 110 cm³/mol. The summed E-state index contributed by atoms with van der Waals surface area (Å²) in [4.78, 5) is 24.5. The summed E-state index contributed by atoms with van der Waals surface area (Å²) in [6, 6.07) is 8.52. The molecule has 0 radical (unpaired) electrons. The molecule has 0 N–H and O–H groups in total.